The van der Waals surface area contributed by atoms with E-state index in [9.17, 15) is 14.0 Å². The van der Waals surface area contributed by atoms with Gasteiger partial charge in [0, 0.05) is 29.2 Å². The highest BCUT2D eigenvalue weighted by Gasteiger charge is 2.42. The van der Waals surface area contributed by atoms with Gasteiger partial charge in [-0.15, -0.1) is 0 Å². The van der Waals surface area contributed by atoms with Gasteiger partial charge in [0.25, 0.3) is 5.91 Å². The van der Waals surface area contributed by atoms with E-state index in [1.165, 1.54) is 37.6 Å². The largest absolute Gasteiger partial charge is 0.438 e. The van der Waals surface area contributed by atoms with Crippen LogP contribution in [0.4, 0.5) is 4.39 Å². The third kappa shape index (κ3) is 9.73. The summed E-state index contributed by atoms with van der Waals surface area (Å²) >= 11 is 0. The van der Waals surface area contributed by atoms with E-state index in [1.54, 1.807) is 24.4 Å². The Kier molecular flexibility index (Phi) is 13.1. The molecule has 0 spiro atoms. The van der Waals surface area contributed by atoms with Gasteiger partial charge >= 0.3 is 0 Å². The standard InChI is InChI=1S/C27H30FN3O2.C18H26N2O/c1-31(2)27(19-20-9-6-7-13-24(20)28)16-14-21(15-17-27)30-25(32)23-12-8-18-29-26(23)33-22-10-4-3-5-11-22;19-17(21)16-8-10-18(11-9-16,20-12-4-5-13-20)14-15-6-2-1-3-7-15/h3-13,18,21H,14-17,19H2,1-2H3,(H,30,32);1-3,6-7,16H,4-5,8-14H2,(H2,19,21). The van der Waals surface area contributed by atoms with E-state index in [1.807, 2.05) is 42.5 Å². The van der Waals surface area contributed by atoms with Gasteiger partial charge in [-0.2, -0.15) is 0 Å². The van der Waals surface area contributed by atoms with Crippen LogP contribution in [0.5, 0.6) is 11.6 Å². The Labute approximate surface area is 320 Å². The molecule has 2 saturated carbocycles. The molecule has 1 aliphatic heterocycles. The summed E-state index contributed by atoms with van der Waals surface area (Å²) in [5.41, 5.74) is 8.21. The van der Waals surface area contributed by atoms with Crippen LogP contribution < -0.4 is 15.8 Å². The first-order chi connectivity index (χ1) is 26.2. The lowest BCUT2D eigenvalue weighted by Crippen LogP contribution is -2.52. The molecule has 3 aliphatic rings. The molecule has 0 unspecified atom stereocenters. The lowest BCUT2D eigenvalue weighted by Gasteiger charge is -2.46. The van der Waals surface area contributed by atoms with Crippen molar-refractivity contribution in [2.45, 2.75) is 94.2 Å². The van der Waals surface area contributed by atoms with Gasteiger partial charge in [-0.25, -0.2) is 9.37 Å². The van der Waals surface area contributed by atoms with Crippen molar-refractivity contribution in [1.82, 2.24) is 20.1 Å². The lowest BCUT2D eigenvalue weighted by molar-refractivity contribution is -0.123. The molecule has 286 valence electrons. The first kappa shape index (κ1) is 39.1. The van der Waals surface area contributed by atoms with Crippen LogP contribution in [0.2, 0.25) is 0 Å². The third-order valence-electron chi connectivity index (χ3n) is 12.1. The van der Waals surface area contributed by atoms with E-state index in [0.717, 1.165) is 63.4 Å². The van der Waals surface area contributed by atoms with Crippen molar-refractivity contribution in [3.8, 4) is 11.6 Å². The summed E-state index contributed by atoms with van der Waals surface area (Å²) in [7, 11) is 4.12. The zero-order valence-corrected chi connectivity index (χ0v) is 31.9. The molecule has 2 aliphatic carbocycles. The minimum atomic E-state index is -0.189. The molecule has 4 aromatic rings. The fraction of sp³-hybridized carbons (Fsp3) is 0.444. The highest BCUT2D eigenvalue weighted by atomic mass is 19.1. The number of carbonyl (C=O) groups is 2. The van der Waals surface area contributed by atoms with Crippen molar-refractivity contribution >= 4 is 11.8 Å². The molecule has 8 nitrogen and oxygen atoms in total. The number of nitrogens with two attached hydrogens (primary N) is 1. The van der Waals surface area contributed by atoms with Crippen LogP contribution in [0.1, 0.15) is 85.7 Å². The van der Waals surface area contributed by atoms with E-state index in [2.05, 4.69) is 64.5 Å². The Morgan fingerprint density at radius 2 is 1.46 bits per heavy atom. The molecule has 9 heteroatoms. The van der Waals surface area contributed by atoms with Gasteiger partial charge in [-0.3, -0.25) is 14.5 Å². The number of benzene rings is 3. The molecule has 0 bridgehead atoms. The molecule has 1 aromatic heterocycles. The number of nitrogens with zero attached hydrogens (tertiary/aromatic N) is 3. The van der Waals surface area contributed by atoms with E-state index in [4.69, 9.17) is 10.5 Å². The van der Waals surface area contributed by atoms with E-state index < -0.39 is 0 Å². The molecule has 2 heterocycles. The Bertz CT molecular complexity index is 1800. The summed E-state index contributed by atoms with van der Waals surface area (Å²) in [6.45, 7) is 2.43. The molecule has 3 aromatic carbocycles. The summed E-state index contributed by atoms with van der Waals surface area (Å²) < 4.78 is 20.2. The summed E-state index contributed by atoms with van der Waals surface area (Å²) in [6, 6.07) is 30.6. The van der Waals surface area contributed by atoms with Crippen molar-refractivity contribution in [2.75, 3.05) is 27.2 Å². The number of halogens is 1. The van der Waals surface area contributed by atoms with Gasteiger partial charge in [0.1, 0.15) is 17.1 Å². The zero-order valence-electron chi connectivity index (χ0n) is 31.9. The number of carbonyl (C=O) groups excluding carboxylic acids is 2. The maximum Gasteiger partial charge on any atom is 0.257 e. The van der Waals surface area contributed by atoms with Crippen LogP contribution in [0, 0.1) is 11.7 Å². The summed E-state index contributed by atoms with van der Waals surface area (Å²) in [6.07, 6.45) is 13.5. The lowest BCUT2D eigenvalue weighted by atomic mass is 9.72. The molecule has 0 atom stereocenters. The second-order valence-electron chi connectivity index (χ2n) is 15.7. The van der Waals surface area contributed by atoms with Crippen molar-refractivity contribution in [1.29, 1.82) is 0 Å². The number of para-hydroxylation sites is 1. The number of rotatable bonds is 11. The second-order valence-corrected chi connectivity index (χ2v) is 15.7. The highest BCUT2D eigenvalue weighted by Crippen LogP contribution is 2.41. The van der Waals surface area contributed by atoms with Crippen LogP contribution >= 0.6 is 0 Å². The van der Waals surface area contributed by atoms with Crippen LogP contribution in [0.25, 0.3) is 0 Å². The monoisotopic (exact) mass is 733 g/mol. The average Bonchev–Trinajstić information content (AvgIpc) is 3.74. The van der Waals surface area contributed by atoms with Gasteiger partial charge in [0.15, 0.2) is 0 Å². The third-order valence-corrected chi connectivity index (χ3v) is 12.1. The van der Waals surface area contributed by atoms with E-state index in [-0.39, 0.29) is 40.7 Å². The molecule has 7 rings (SSSR count). The predicted octanol–water partition coefficient (Wildman–Crippen LogP) is 7.97. The first-order valence-electron chi connectivity index (χ1n) is 19.6. The summed E-state index contributed by atoms with van der Waals surface area (Å²) in [4.78, 5) is 33.7. The van der Waals surface area contributed by atoms with Crippen LogP contribution in [-0.4, -0.2) is 70.9 Å². The van der Waals surface area contributed by atoms with Crippen LogP contribution in [0.3, 0.4) is 0 Å². The number of ether oxygens (including phenoxy) is 1. The number of amides is 2. The number of pyridine rings is 1. The van der Waals surface area contributed by atoms with E-state index in [0.29, 0.717) is 23.6 Å². The number of hydrogen-bond acceptors (Lipinski definition) is 6. The Morgan fingerprint density at radius 1 is 0.833 bits per heavy atom. The van der Waals surface area contributed by atoms with Crippen LogP contribution in [0.15, 0.2) is 103 Å². The predicted molar refractivity (Wildman–Crippen MR) is 212 cm³/mol. The first-order valence-corrected chi connectivity index (χ1v) is 19.6. The fourth-order valence-corrected chi connectivity index (χ4v) is 8.80. The minimum Gasteiger partial charge on any atom is -0.438 e. The Balaban J connectivity index is 0.000000203. The zero-order chi connectivity index (χ0) is 38.0. The number of likely N-dealkylation sites (tertiary alicyclic amines) is 1. The number of hydrogen-bond donors (Lipinski definition) is 2. The number of primary amides is 1. The maximum atomic E-state index is 14.3. The molecule has 0 radical (unpaired) electrons. The number of aromatic nitrogens is 1. The van der Waals surface area contributed by atoms with E-state index >= 15 is 0 Å². The smallest absolute Gasteiger partial charge is 0.257 e. The molecular formula is C45H56FN5O3. The second kappa shape index (κ2) is 18.2. The maximum absolute atomic E-state index is 14.3. The van der Waals surface area contributed by atoms with Gasteiger partial charge < -0.3 is 20.7 Å². The number of nitrogens with one attached hydrogen (secondary N) is 1. The molecule has 2 amide bonds. The molecular weight excluding hydrogens is 678 g/mol. The van der Waals surface area contributed by atoms with Gasteiger partial charge in [-0.05, 0) is 146 Å². The molecule has 3 N–H and O–H groups in total. The topological polar surface area (TPSA) is 101 Å². The van der Waals surface area contributed by atoms with Crippen molar-refractivity contribution < 1.29 is 18.7 Å². The SMILES string of the molecule is CN(C)C1(Cc2ccccc2F)CCC(NC(=O)c2cccnc2Oc2ccccc2)CC1.NC(=O)C1CCC(Cc2ccccc2)(N2CCCC2)CC1. The normalized spacial score (nSPS) is 24.3. The van der Waals surface area contributed by atoms with Crippen molar-refractivity contribution in [2.24, 2.45) is 11.7 Å². The average molecular weight is 734 g/mol. The highest BCUT2D eigenvalue weighted by molar-refractivity contribution is 5.96. The minimum absolute atomic E-state index is 0.0518. The van der Waals surface area contributed by atoms with Gasteiger partial charge in [0.2, 0.25) is 11.8 Å². The Morgan fingerprint density at radius 3 is 2.09 bits per heavy atom. The van der Waals surface area contributed by atoms with Crippen molar-refractivity contribution in [3.05, 3.63) is 126 Å². The fourth-order valence-electron chi connectivity index (χ4n) is 8.80. The number of likely N-dealkylation sites (N-methyl/N-ethyl adjacent to an activating group) is 1. The molecule has 1 saturated heterocycles. The summed E-state index contributed by atoms with van der Waals surface area (Å²) in [5, 5.41) is 3.16. The quantitative estimate of drug-likeness (QED) is 0.162. The molecule has 54 heavy (non-hydrogen) atoms. The van der Waals surface area contributed by atoms with Crippen LogP contribution in [-0.2, 0) is 17.6 Å². The van der Waals surface area contributed by atoms with Gasteiger partial charge in [0.05, 0.1) is 0 Å². The Hall–Kier alpha value is -4.60. The summed E-state index contributed by atoms with van der Waals surface area (Å²) in [5.74, 6) is 0.564. The van der Waals surface area contributed by atoms with Crippen molar-refractivity contribution in [3.63, 3.8) is 0 Å². The van der Waals surface area contributed by atoms with Gasteiger partial charge in [-0.1, -0.05) is 66.7 Å². The molecule has 3 fully saturated rings.